The molecule has 0 aliphatic carbocycles. The van der Waals surface area contributed by atoms with Crippen LogP contribution in [0.2, 0.25) is 0 Å². The Labute approximate surface area is 206 Å². The van der Waals surface area contributed by atoms with Gasteiger partial charge in [-0.2, -0.15) is 4.98 Å². The van der Waals surface area contributed by atoms with E-state index in [1.807, 2.05) is 13.0 Å². The topological polar surface area (TPSA) is 92.2 Å². The number of likely N-dealkylation sites (N-methyl/N-ethyl adjacent to an activating group) is 1. The van der Waals surface area contributed by atoms with Gasteiger partial charge in [-0.15, -0.1) is 0 Å². The van der Waals surface area contributed by atoms with Crippen LogP contribution >= 0.6 is 11.3 Å². The fraction of sp³-hybridized carbons (Fsp3) is 0.292. The van der Waals surface area contributed by atoms with Crippen LogP contribution < -0.4 is 10.1 Å². The van der Waals surface area contributed by atoms with E-state index in [4.69, 9.17) is 4.74 Å². The summed E-state index contributed by atoms with van der Waals surface area (Å²) in [6.07, 6.45) is 5.24. The van der Waals surface area contributed by atoms with Crippen molar-refractivity contribution in [3.63, 3.8) is 0 Å². The number of ether oxygens (including phenoxy) is 1. The summed E-state index contributed by atoms with van der Waals surface area (Å²) in [6.45, 7) is 6.85. The Hall–Kier alpha value is -3.54. The molecule has 1 fully saturated rings. The molecule has 0 amide bonds. The predicted octanol–water partition coefficient (Wildman–Crippen LogP) is 4.12. The molecule has 0 saturated carbocycles. The number of nitrogens with zero attached hydrogens (tertiary/aromatic N) is 7. The molecule has 4 heterocycles. The highest BCUT2D eigenvalue weighted by Gasteiger charge is 2.15. The maximum Gasteiger partial charge on any atom is 0.322 e. The van der Waals surface area contributed by atoms with Crippen molar-refractivity contribution < 1.29 is 9.13 Å². The number of nitrogens with one attached hydrogen (secondary N) is 1. The summed E-state index contributed by atoms with van der Waals surface area (Å²) in [5, 5.41) is 3.86. The maximum absolute atomic E-state index is 14.0. The molecule has 0 atom stereocenters. The van der Waals surface area contributed by atoms with Crippen molar-refractivity contribution in [1.29, 1.82) is 0 Å². The average Bonchev–Trinajstić information content (AvgIpc) is 3.32. The van der Waals surface area contributed by atoms with Gasteiger partial charge >= 0.3 is 6.01 Å². The zero-order valence-electron chi connectivity index (χ0n) is 19.5. The monoisotopic (exact) mass is 492 g/mol. The lowest BCUT2D eigenvalue weighted by molar-refractivity contribution is 0.147. The van der Waals surface area contributed by atoms with E-state index in [0.717, 1.165) is 43.3 Å². The highest BCUT2D eigenvalue weighted by Crippen LogP contribution is 2.31. The molecule has 1 saturated heterocycles. The van der Waals surface area contributed by atoms with Crippen LogP contribution in [0.3, 0.4) is 0 Å². The van der Waals surface area contributed by atoms with E-state index < -0.39 is 5.82 Å². The molecule has 5 rings (SSSR count). The van der Waals surface area contributed by atoms with Crippen LogP contribution in [0.25, 0.3) is 10.6 Å². The third-order valence-electron chi connectivity index (χ3n) is 5.55. The minimum absolute atomic E-state index is 0.0744. The fourth-order valence-electron chi connectivity index (χ4n) is 3.63. The maximum atomic E-state index is 14.0. The van der Waals surface area contributed by atoms with Crippen molar-refractivity contribution >= 4 is 22.3 Å². The van der Waals surface area contributed by atoms with Gasteiger partial charge < -0.3 is 15.0 Å². The SMILES string of the molecule is Cc1cc(-c2cnc(Nc3cnc(CN4CCN(C)CC4)cn3)s2)nc(Oc2ccccc2F)n1. The molecule has 4 aromatic rings. The Bertz CT molecular complexity index is 1290. The van der Waals surface area contributed by atoms with Gasteiger partial charge in [-0.25, -0.2) is 19.3 Å². The van der Waals surface area contributed by atoms with E-state index in [1.54, 1.807) is 30.7 Å². The van der Waals surface area contributed by atoms with Gasteiger partial charge in [0.15, 0.2) is 22.5 Å². The number of aryl methyl sites for hydroxylation is 1. The molecule has 35 heavy (non-hydrogen) atoms. The number of anilines is 2. The average molecular weight is 493 g/mol. The second-order valence-electron chi connectivity index (χ2n) is 8.34. The molecule has 0 unspecified atom stereocenters. The van der Waals surface area contributed by atoms with E-state index in [2.05, 4.69) is 47.1 Å². The van der Waals surface area contributed by atoms with Gasteiger partial charge in [0.25, 0.3) is 0 Å². The molecule has 180 valence electrons. The number of rotatable bonds is 7. The van der Waals surface area contributed by atoms with Crippen molar-refractivity contribution in [3.05, 3.63) is 66.1 Å². The Kier molecular flexibility index (Phi) is 6.89. The molecular formula is C24H25FN8OS. The number of benzene rings is 1. The zero-order chi connectivity index (χ0) is 24.2. The van der Waals surface area contributed by atoms with Gasteiger partial charge in [-0.05, 0) is 32.2 Å². The molecule has 9 nitrogen and oxygen atoms in total. The van der Waals surface area contributed by atoms with Gasteiger partial charge in [0.2, 0.25) is 0 Å². The van der Waals surface area contributed by atoms with Crippen molar-refractivity contribution in [1.82, 2.24) is 34.7 Å². The number of para-hydroxylation sites is 1. The van der Waals surface area contributed by atoms with Gasteiger partial charge in [-0.1, -0.05) is 23.5 Å². The van der Waals surface area contributed by atoms with Gasteiger partial charge in [-0.3, -0.25) is 9.88 Å². The molecule has 1 N–H and O–H groups in total. The van der Waals surface area contributed by atoms with Crippen LogP contribution in [0, 0.1) is 12.7 Å². The third-order valence-corrected chi connectivity index (χ3v) is 6.49. The lowest BCUT2D eigenvalue weighted by Crippen LogP contribution is -2.44. The normalized spacial score (nSPS) is 14.7. The van der Waals surface area contributed by atoms with Crippen LogP contribution in [0.5, 0.6) is 11.8 Å². The lowest BCUT2D eigenvalue weighted by atomic mass is 10.3. The molecular weight excluding hydrogens is 467 g/mol. The Balaban J connectivity index is 1.24. The highest BCUT2D eigenvalue weighted by atomic mass is 32.1. The number of aromatic nitrogens is 5. The zero-order valence-corrected chi connectivity index (χ0v) is 20.3. The van der Waals surface area contributed by atoms with Crippen LogP contribution in [0.1, 0.15) is 11.4 Å². The summed E-state index contributed by atoms with van der Waals surface area (Å²) in [7, 11) is 2.14. The van der Waals surface area contributed by atoms with Gasteiger partial charge in [0.05, 0.1) is 28.7 Å². The van der Waals surface area contributed by atoms with E-state index in [1.165, 1.54) is 23.5 Å². The third kappa shape index (κ3) is 5.94. The molecule has 1 aromatic carbocycles. The molecule has 0 radical (unpaired) electrons. The minimum atomic E-state index is -0.473. The Morgan fingerprint density at radius 2 is 1.86 bits per heavy atom. The number of piperazine rings is 1. The van der Waals surface area contributed by atoms with Crippen LogP contribution in [-0.2, 0) is 6.54 Å². The molecule has 0 bridgehead atoms. The summed E-state index contributed by atoms with van der Waals surface area (Å²) in [5.41, 5.74) is 2.29. The van der Waals surface area contributed by atoms with E-state index >= 15 is 0 Å². The molecule has 3 aromatic heterocycles. The van der Waals surface area contributed by atoms with Gasteiger partial charge in [0.1, 0.15) is 0 Å². The first-order valence-corrected chi connectivity index (χ1v) is 12.1. The summed E-state index contributed by atoms with van der Waals surface area (Å²) in [4.78, 5) is 27.7. The van der Waals surface area contributed by atoms with E-state index in [-0.39, 0.29) is 11.8 Å². The fourth-order valence-corrected chi connectivity index (χ4v) is 4.42. The van der Waals surface area contributed by atoms with Crippen molar-refractivity contribution in [2.24, 2.45) is 0 Å². The van der Waals surface area contributed by atoms with E-state index in [9.17, 15) is 4.39 Å². The number of hydrogen-bond donors (Lipinski definition) is 1. The first-order chi connectivity index (χ1) is 17.0. The molecule has 11 heteroatoms. The largest absolute Gasteiger partial charge is 0.421 e. The van der Waals surface area contributed by atoms with Crippen LogP contribution in [-0.4, -0.2) is 67.9 Å². The number of halogens is 1. The second-order valence-corrected chi connectivity index (χ2v) is 9.37. The minimum Gasteiger partial charge on any atom is -0.421 e. The van der Waals surface area contributed by atoms with Crippen molar-refractivity contribution in [2.75, 3.05) is 38.5 Å². The summed E-state index contributed by atoms with van der Waals surface area (Å²) >= 11 is 1.42. The standard InChI is InChI=1S/C24H25FN8OS/c1-16-11-19(30-23(29-16)34-20-6-4-3-5-18(20)25)21-13-28-24(35-21)31-22-14-26-17(12-27-22)15-33-9-7-32(2)8-10-33/h3-6,11-14H,7-10,15H2,1-2H3,(H,27,28,31). The molecule has 0 spiro atoms. The van der Waals surface area contributed by atoms with Crippen molar-refractivity contribution in [3.8, 4) is 22.3 Å². The van der Waals surface area contributed by atoms with E-state index in [0.29, 0.717) is 22.3 Å². The number of hydrogen-bond acceptors (Lipinski definition) is 10. The summed E-state index contributed by atoms with van der Waals surface area (Å²) < 4.78 is 19.5. The lowest BCUT2D eigenvalue weighted by Gasteiger charge is -2.31. The highest BCUT2D eigenvalue weighted by molar-refractivity contribution is 7.18. The summed E-state index contributed by atoms with van der Waals surface area (Å²) in [6, 6.07) is 8.07. The second kappa shape index (κ2) is 10.4. The first kappa shape index (κ1) is 23.2. The van der Waals surface area contributed by atoms with Crippen LogP contribution in [0.15, 0.2) is 48.9 Å². The molecule has 1 aliphatic rings. The van der Waals surface area contributed by atoms with Crippen molar-refractivity contribution in [2.45, 2.75) is 13.5 Å². The smallest absolute Gasteiger partial charge is 0.322 e. The number of thiazole rings is 1. The van der Waals surface area contributed by atoms with Gasteiger partial charge in [0, 0.05) is 44.6 Å². The first-order valence-electron chi connectivity index (χ1n) is 11.2. The quantitative estimate of drug-likeness (QED) is 0.409. The Morgan fingerprint density at radius 1 is 1.03 bits per heavy atom. The molecule has 1 aliphatic heterocycles. The summed E-state index contributed by atoms with van der Waals surface area (Å²) in [5.74, 6) is 0.222. The predicted molar refractivity (Wildman–Crippen MR) is 132 cm³/mol. The Morgan fingerprint density at radius 3 is 2.63 bits per heavy atom. The van der Waals surface area contributed by atoms with Crippen LogP contribution in [0.4, 0.5) is 15.3 Å².